The molecule has 0 radical (unpaired) electrons. The van der Waals surface area contributed by atoms with Crippen LogP contribution in [0.3, 0.4) is 0 Å². The largest absolute Gasteiger partial charge is 0.268 e. The smallest absolute Gasteiger partial charge is 0.266 e. The Morgan fingerprint density at radius 2 is 2.15 bits per heavy atom. The molecule has 0 aromatic carbocycles. The molecule has 0 bridgehead atoms. The summed E-state index contributed by atoms with van der Waals surface area (Å²) in [5.74, 6) is 0. The summed E-state index contributed by atoms with van der Waals surface area (Å²) in [5, 5.41) is 6.23. The molecule has 0 saturated carbocycles. The summed E-state index contributed by atoms with van der Waals surface area (Å²) >= 11 is 1.55. The molecule has 0 aliphatic carbocycles. The van der Waals surface area contributed by atoms with Gasteiger partial charge < -0.3 is 0 Å². The van der Waals surface area contributed by atoms with E-state index in [1.165, 1.54) is 10.7 Å². The van der Waals surface area contributed by atoms with E-state index in [1.807, 2.05) is 17.5 Å². The highest BCUT2D eigenvalue weighted by Gasteiger charge is 2.05. The van der Waals surface area contributed by atoms with E-state index in [0.717, 1.165) is 16.8 Å². The Bertz CT molecular complexity index is 721. The van der Waals surface area contributed by atoms with Crippen molar-refractivity contribution in [3.05, 3.63) is 40.0 Å². The minimum Gasteiger partial charge on any atom is -0.268 e. The molecule has 1 N–H and O–H groups in total. The molecule has 0 aliphatic heterocycles. The fourth-order valence-corrected chi connectivity index (χ4v) is 2.86. The summed E-state index contributed by atoms with van der Waals surface area (Å²) in [5.41, 5.74) is 0.556. The van der Waals surface area contributed by atoms with Crippen LogP contribution in [0.2, 0.25) is 0 Å². The van der Waals surface area contributed by atoms with Gasteiger partial charge in [-0.3, -0.25) is 4.79 Å². The van der Waals surface area contributed by atoms with E-state index in [2.05, 4.69) is 9.82 Å². The molecule has 0 amide bonds. The molecular formula is C12H15N3O3S2. The Morgan fingerprint density at radius 1 is 1.35 bits per heavy atom. The minimum atomic E-state index is -3.19. The molecule has 20 heavy (non-hydrogen) atoms. The van der Waals surface area contributed by atoms with Gasteiger partial charge in [-0.2, -0.15) is 5.10 Å². The lowest BCUT2D eigenvalue weighted by Gasteiger charge is -2.06. The summed E-state index contributed by atoms with van der Waals surface area (Å²) in [4.78, 5) is 12.7. The number of aryl methyl sites for hydroxylation is 1. The molecule has 2 rings (SSSR count). The summed E-state index contributed by atoms with van der Waals surface area (Å²) in [7, 11) is -3.19. The summed E-state index contributed by atoms with van der Waals surface area (Å²) in [6.45, 7) is 0.663. The van der Waals surface area contributed by atoms with Crippen LogP contribution >= 0.6 is 11.3 Å². The second-order valence-electron chi connectivity index (χ2n) is 4.28. The molecule has 108 valence electrons. The van der Waals surface area contributed by atoms with Gasteiger partial charge >= 0.3 is 0 Å². The third-order valence-corrected chi connectivity index (χ3v) is 4.17. The van der Waals surface area contributed by atoms with E-state index >= 15 is 0 Å². The standard InChI is InChI=1S/C12H15N3O3S2/c1-20(17,18)13-7-3-8-15-12(16)6-5-10(14-15)11-4-2-9-19-11/h2,4-6,9,13H,3,7-8H2,1H3. The predicted octanol–water partition coefficient (Wildman–Crippen LogP) is 0.911. The van der Waals surface area contributed by atoms with Crippen molar-refractivity contribution < 1.29 is 8.42 Å². The van der Waals surface area contributed by atoms with Crippen LogP contribution in [-0.4, -0.2) is 31.0 Å². The molecule has 0 atom stereocenters. The first-order valence-corrected chi connectivity index (χ1v) is 8.79. The van der Waals surface area contributed by atoms with Crippen LogP contribution in [-0.2, 0) is 16.6 Å². The summed E-state index contributed by atoms with van der Waals surface area (Å²) < 4.78 is 25.6. The molecule has 0 saturated heterocycles. The maximum atomic E-state index is 11.7. The molecule has 2 aromatic rings. The predicted molar refractivity (Wildman–Crippen MR) is 79.3 cm³/mol. The highest BCUT2D eigenvalue weighted by atomic mass is 32.2. The van der Waals surface area contributed by atoms with Gasteiger partial charge in [0.25, 0.3) is 5.56 Å². The number of sulfonamides is 1. The van der Waals surface area contributed by atoms with E-state index < -0.39 is 10.0 Å². The van der Waals surface area contributed by atoms with E-state index in [4.69, 9.17) is 0 Å². The average Bonchev–Trinajstić information content (AvgIpc) is 2.89. The van der Waals surface area contributed by atoms with Crippen LogP contribution in [0.4, 0.5) is 0 Å². The number of hydrogen-bond acceptors (Lipinski definition) is 5. The van der Waals surface area contributed by atoms with Crippen molar-refractivity contribution in [1.82, 2.24) is 14.5 Å². The van der Waals surface area contributed by atoms with Crippen LogP contribution in [0.25, 0.3) is 10.6 Å². The number of nitrogens with one attached hydrogen (secondary N) is 1. The van der Waals surface area contributed by atoms with Crippen molar-refractivity contribution in [2.45, 2.75) is 13.0 Å². The Labute approximate surface area is 121 Å². The number of rotatable bonds is 6. The number of aromatic nitrogens is 2. The van der Waals surface area contributed by atoms with Crippen LogP contribution in [0.15, 0.2) is 34.4 Å². The zero-order chi connectivity index (χ0) is 14.6. The Morgan fingerprint density at radius 3 is 2.80 bits per heavy atom. The maximum Gasteiger partial charge on any atom is 0.266 e. The summed E-state index contributed by atoms with van der Waals surface area (Å²) in [6, 6.07) is 7.03. The van der Waals surface area contributed by atoms with Gasteiger partial charge in [-0.1, -0.05) is 6.07 Å². The zero-order valence-electron chi connectivity index (χ0n) is 10.9. The first-order valence-electron chi connectivity index (χ1n) is 6.02. The first kappa shape index (κ1) is 14.9. The van der Waals surface area contributed by atoms with Crippen LogP contribution in [0.5, 0.6) is 0 Å². The van der Waals surface area contributed by atoms with Crippen LogP contribution in [0.1, 0.15) is 6.42 Å². The summed E-state index contributed by atoms with van der Waals surface area (Å²) in [6.07, 6.45) is 1.61. The van der Waals surface area contributed by atoms with Crippen molar-refractivity contribution >= 4 is 21.4 Å². The quantitative estimate of drug-likeness (QED) is 0.804. The minimum absolute atomic E-state index is 0.190. The van der Waals surface area contributed by atoms with Crippen molar-refractivity contribution in [1.29, 1.82) is 0 Å². The topological polar surface area (TPSA) is 81.1 Å². The fraction of sp³-hybridized carbons (Fsp3) is 0.333. The van der Waals surface area contributed by atoms with Gasteiger partial charge in [0.1, 0.15) is 5.69 Å². The van der Waals surface area contributed by atoms with Crippen molar-refractivity contribution in [3.8, 4) is 10.6 Å². The average molecular weight is 313 g/mol. The lowest BCUT2D eigenvalue weighted by Crippen LogP contribution is -2.27. The van der Waals surface area contributed by atoms with Crippen LogP contribution < -0.4 is 10.3 Å². The van der Waals surface area contributed by atoms with Gasteiger partial charge in [-0.05, 0) is 23.9 Å². The molecule has 0 aliphatic rings. The van der Waals surface area contributed by atoms with Crippen LogP contribution in [0, 0.1) is 0 Å². The number of hydrogen-bond donors (Lipinski definition) is 1. The Balaban J connectivity index is 2.04. The third-order valence-electron chi connectivity index (χ3n) is 2.55. The highest BCUT2D eigenvalue weighted by molar-refractivity contribution is 7.88. The Hall–Kier alpha value is -1.51. The monoisotopic (exact) mass is 313 g/mol. The zero-order valence-corrected chi connectivity index (χ0v) is 12.6. The third kappa shape index (κ3) is 4.26. The van der Waals surface area contributed by atoms with Crippen molar-refractivity contribution in [2.75, 3.05) is 12.8 Å². The Kier molecular flexibility index (Phi) is 4.69. The SMILES string of the molecule is CS(=O)(=O)NCCCn1nc(-c2cccs2)ccc1=O. The molecule has 0 unspecified atom stereocenters. The lowest BCUT2D eigenvalue weighted by atomic mass is 10.3. The molecule has 8 heteroatoms. The van der Waals surface area contributed by atoms with Gasteiger partial charge in [0.05, 0.1) is 11.1 Å². The number of thiophene rings is 1. The van der Waals surface area contributed by atoms with Crippen molar-refractivity contribution in [3.63, 3.8) is 0 Å². The molecule has 0 fully saturated rings. The van der Waals surface area contributed by atoms with Crippen molar-refractivity contribution in [2.24, 2.45) is 0 Å². The second kappa shape index (κ2) is 6.29. The lowest BCUT2D eigenvalue weighted by molar-refractivity contribution is 0.538. The second-order valence-corrected chi connectivity index (χ2v) is 7.06. The van der Waals surface area contributed by atoms with E-state index in [-0.39, 0.29) is 12.1 Å². The normalized spacial score (nSPS) is 11.7. The van der Waals surface area contributed by atoms with Gasteiger partial charge in [-0.25, -0.2) is 17.8 Å². The van der Waals surface area contributed by atoms with E-state index in [9.17, 15) is 13.2 Å². The highest BCUT2D eigenvalue weighted by Crippen LogP contribution is 2.20. The molecule has 6 nitrogen and oxygen atoms in total. The fourth-order valence-electron chi connectivity index (χ4n) is 1.65. The van der Waals surface area contributed by atoms with Gasteiger partial charge in [0.2, 0.25) is 10.0 Å². The molecular weight excluding hydrogens is 298 g/mol. The first-order chi connectivity index (χ1) is 9.46. The van der Waals surface area contributed by atoms with E-state index in [0.29, 0.717) is 13.0 Å². The van der Waals surface area contributed by atoms with E-state index in [1.54, 1.807) is 17.4 Å². The molecule has 0 spiro atoms. The van der Waals surface area contributed by atoms with Gasteiger partial charge in [-0.15, -0.1) is 11.3 Å². The number of nitrogens with zero attached hydrogens (tertiary/aromatic N) is 2. The molecule has 2 heterocycles. The molecule has 2 aromatic heterocycles. The maximum absolute atomic E-state index is 11.7. The van der Waals surface area contributed by atoms with Gasteiger partial charge in [0.15, 0.2) is 0 Å². The van der Waals surface area contributed by atoms with Gasteiger partial charge in [0, 0.05) is 19.2 Å².